The van der Waals surface area contributed by atoms with E-state index in [1.807, 2.05) is 53.9 Å². The van der Waals surface area contributed by atoms with Gasteiger partial charge in [-0.2, -0.15) is 0 Å². The molecule has 254 valence electrons. The molecule has 0 spiro atoms. The predicted octanol–water partition coefficient (Wildman–Crippen LogP) is 6.49. The van der Waals surface area contributed by atoms with E-state index in [1.165, 1.54) is 47.5 Å². The lowest BCUT2D eigenvalue weighted by molar-refractivity contribution is -0.141. The molecule has 8 rings (SSSR count). The van der Waals surface area contributed by atoms with Gasteiger partial charge in [-0.15, -0.1) is 11.3 Å². The number of phenolic OH excluding ortho intramolecular Hbond substituents is 1. The molecule has 1 saturated carbocycles. The molecule has 9 nitrogen and oxygen atoms in total. The molecule has 0 bridgehead atoms. The van der Waals surface area contributed by atoms with Crippen LogP contribution in [0.15, 0.2) is 95.9 Å². The number of carbonyl (C=O) groups is 4. The average molecular weight is 709 g/mol. The number of halogens is 1. The Bertz CT molecular complexity index is 2060. The van der Waals surface area contributed by atoms with E-state index in [0.29, 0.717) is 21.8 Å². The number of amides is 4. The number of benzene rings is 3. The summed E-state index contributed by atoms with van der Waals surface area (Å²) in [6, 6.07) is 22.6. The molecular weight excluding hydrogens is 676 g/mol. The number of methoxy groups -OCH3 is 2. The van der Waals surface area contributed by atoms with Gasteiger partial charge in [-0.1, -0.05) is 65.7 Å². The van der Waals surface area contributed by atoms with Gasteiger partial charge in [0.15, 0.2) is 0 Å². The first-order valence-electron chi connectivity index (χ1n) is 16.4. The predicted molar refractivity (Wildman–Crippen MR) is 187 cm³/mol. The van der Waals surface area contributed by atoms with Crippen LogP contribution in [0, 0.1) is 23.7 Å². The molecule has 3 heterocycles. The largest absolute Gasteiger partial charge is 0.508 e. The number of hydrogen-bond donors (Lipinski definition) is 1. The van der Waals surface area contributed by atoms with Crippen molar-refractivity contribution >= 4 is 52.3 Å². The maximum Gasteiger partial charge on any atom is 0.246 e. The van der Waals surface area contributed by atoms with Crippen LogP contribution in [0.1, 0.15) is 34.8 Å². The summed E-state index contributed by atoms with van der Waals surface area (Å²) in [5.41, 5.74) is 0.670. The molecule has 3 aromatic carbocycles. The molecule has 3 fully saturated rings. The van der Waals surface area contributed by atoms with Crippen LogP contribution in [0.5, 0.6) is 17.2 Å². The molecular formula is C39H33ClN2O7S. The number of carbonyl (C=O) groups excluding carboxylic acids is 4. The van der Waals surface area contributed by atoms with Gasteiger partial charge in [0.25, 0.3) is 0 Å². The Morgan fingerprint density at radius 2 is 1.62 bits per heavy atom. The van der Waals surface area contributed by atoms with E-state index in [4.69, 9.17) is 21.1 Å². The first-order valence-corrected chi connectivity index (χ1v) is 17.7. The lowest BCUT2D eigenvalue weighted by Crippen LogP contribution is -2.53. The Kier molecular flexibility index (Phi) is 7.84. The number of likely N-dealkylation sites (tertiary alicyclic amines) is 1. The fourth-order valence-corrected chi connectivity index (χ4v) is 9.92. The Balaban J connectivity index is 1.39. The highest BCUT2D eigenvalue weighted by molar-refractivity contribution is 7.09. The van der Waals surface area contributed by atoms with E-state index < -0.39 is 46.8 Å². The molecule has 4 aliphatic rings. The van der Waals surface area contributed by atoms with Crippen LogP contribution in [-0.2, 0) is 31.1 Å². The normalized spacial score (nSPS) is 27.2. The van der Waals surface area contributed by atoms with Gasteiger partial charge in [0, 0.05) is 33.5 Å². The highest BCUT2D eigenvalue weighted by Gasteiger charge is 2.71. The molecule has 50 heavy (non-hydrogen) atoms. The van der Waals surface area contributed by atoms with Gasteiger partial charge in [-0.05, 0) is 54.0 Å². The van der Waals surface area contributed by atoms with E-state index in [2.05, 4.69) is 0 Å². The number of phenols is 1. The number of imide groups is 2. The number of nitrogens with zero attached hydrogens (tertiary/aromatic N) is 2. The number of anilines is 1. The van der Waals surface area contributed by atoms with Crippen LogP contribution in [0.3, 0.4) is 0 Å². The van der Waals surface area contributed by atoms with Crippen molar-refractivity contribution < 1.29 is 33.8 Å². The number of thiophene rings is 1. The third-order valence-corrected chi connectivity index (χ3v) is 12.1. The third-order valence-electron chi connectivity index (χ3n) is 11.0. The van der Waals surface area contributed by atoms with Crippen LogP contribution in [0.25, 0.3) is 0 Å². The van der Waals surface area contributed by atoms with Crippen molar-refractivity contribution in [2.24, 2.45) is 23.7 Å². The summed E-state index contributed by atoms with van der Waals surface area (Å²) in [5, 5.41) is 13.0. The summed E-state index contributed by atoms with van der Waals surface area (Å²) in [4.78, 5) is 62.2. The van der Waals surface area contributed by atoms with Crippen LogP contribution in [0.4, 0.5) is 5.69 Å². The van der Waals surface area contributed by atoms with Gasteiger partial charge in [0.2, 0.25) is 23.6 Å². The second-order valence-corrected chi connectivity index (χ2v) is 14.7. The van der Waals surface area contributed by atoms with Gasteiger partial charge in [0.05, 0.1) is 49.6 Å². The zero-order valence-corrected chi connectivity index (χ0v) is 28.8. The van der Waals surface area contributed by atoms with Crippen molar-refractivity contribution in [2.75, 3.05) is 19.1 Å². The molecule has 0 radical (unpaired) electrons. The molecule has 11 heteroatoms. The summed E-state index contributed by atoms with van der Waals surface area (Å²) >= 11 is 7.89. The first-order chi connectivity index (χ1) is 24.2. The van der Waals surface area contributed by atoms with Crippen LogP contribution in [-0.4, -0.2) is 47.9 Å². The Morgan fingerprint density at radius 3 is 2.28 bits per heavy atom. The molecule has 6 atom stereocenters. The van der Waals surface area contributed by atoms with Crippen molar-refractivity contribution in [1.29, 1.82) is 0 Å². The third kappa shape index (κ3) is 4.58. The lowest BCUT2D eigenvalue weighted by atomic mass is 9.49. The van der Waals surface area contributed by atoms with Gasteiger partial charge in [-0.3, -0.25) is 24.1 Å². The lowest BCUT2D eigenvalue weighted by Gasteiger charge is -2.51. The Hall–Kier alpha value is -4.93. The maximum absolute atomic E-state index is 15.5. The molecule has 4 aromatic rings. The maximum atomic E-state index is 15.5. The van der Waals surface area contributed by atoms with Crippen molar-refractivity contribution in [3.63, 3.8) is 0 Å². The van der Waals surface area contributed by atoms with Crippen LogP contribution in [0.2, 0.25) is 5.02 Å². The number of ether oxygens (including phenoxy) is 2. The van der Waals surface area contributed by atoms with Gasteiger partial charge < -0.3 is 14.6 Å². The molecule has 1 N–H and O–H groups in total. The topological polar surface area (TPSA) is 113 Å². The summed E-state index contributed by atoms with van der Waals surface area (Å²) in [5.74, 6) is -4.64. The number of fused-ring (bicyclic) bond motifs is 4. The van der Waals surface area contributed by atoms with Crippen molar-refractivity contribution in [1.82, 2.24) is 4.90 Å². The average Bonchev–Trinajstić information content (AvgIpc) is 3.79. The Labute approximate surface area is 297 Å². The van der Waals surface area contributed by atoms with E-state index >= 15 is 4.79 Å². The summed E-state index contributed by atoms with van der Waals surface area (Å²) in [6.45, 7) is 0.185. The minimum absolute atomic E-state index is 0.104. The number of rotatable bonds is 7. The van der Waals surface area contributed by atoms with Crippen molar-refractivity contribution in [3.05, 3.63) is 117 Å². The van der Waals surface area contributed by atoms with Crippen LogP contribution >= 0.6 is 22.9 Å². The number of hydrogen-bond acceptors (Lipinski definition) is 8. The summed E-state index contributed by atoms with van der Waals surface area (Å²) < 4.78 is 11.8. The minimum Gasteiger partial charge on any atom is -0.508 e. The fourth-order valence-electron chi connectivity index (χ4n) is 9.05. The smallest absolute Gasteiger partial charge is 0.246 e. The monoisotopic (exact) mass is 708 g/mol. The number of aromatic hydroxyl groups is 1. The molecule has 6 unspecified atom stereocenters. The van der Waals surface area contributed by atoms with E-state index in [0.717, 1.165) is 10.5 Å². The van der Waals surface area contributed by atoms with Crippen molar-refractivity contribution in [2.45, 2.75) is 30.7 Å². The highest BCUT2D eigenvalue weighted by Crippen LogP contribution is 2.66. The highest BCUT2D eigenvalue weighted by atomic mass is 35.5. The van der Waals surface area contributed by atoms with E-state index in [1.54, 1.807) is 24.3 Å². The second-order valence-electron chi connectivity index (χ2n) is 13.2. The van der Waals surface area contributed by atoms with Crippen LogP contribution < -0.4 is 14.4 Å². The van der Waals surface area contributed by atoms with Gasteiger partial charge in [0.1, 0.15) is 17.2 Å². The van der Waals surface area contributed by atoms with E-state index in [9.17, 15) is 19.5 Å². The molecule has 4 amide bonds. The second kappa shape index (κ2) is 12.1. The number of allylic oxidation sites excluding steroid dienone is 2. The quantitative estimate of drug-likeness (QED) is 0.173. The zero-order chi connectivity index (χ0) is 34.9. The van der Waals surface area contributed by atoms with E-state index in [-0.39, 0.29) is 48.4 Å². The summed E-state index contributed by atoms with van der Waals surface area (Å²) in [6.07, 6.45) is 2.44. The standard InChI is InChI=1S/C39H33ClN2O7S/c1-48-30-17-24(43)18-31(49-2)33(30)34-26-13-14-27-32(37(46)41(35(27)44)20-25-12-7-15-50-25)28(26)19-29-36(45)42(23-11-6-10-22(40)16-23)38(47)39(29,34)21-8-4-3-5-9-21/h3-13,15-18,27-29,32,34,43H,14,19-20H2,1-2H3. The fraction of sp³-hybridized carbons (Fsp3) is 0.282. The molecule has 2 aliphatic carbocycles. The molecule has 1 aromatic heterocycles. The summed E-state index contributed by atoms with van der Waals surface area (Å²) in [7, 11) is 2.94. The Morgan fingerprint density at radius 1 is 0.880 bits per heavy atom. The SMILES string of the molecule is COc1cc(O)cc(OC)c1C1C2=CCC3C(=O)N(Cc4cccs4)C(=O)C3C2CC2C(=O)N(c3cccc(Cl)c3)C(=O)C21c1ccccc1. The minimum atomic E-state index is -1.52. The van der Waals surface area contributed by atoms with Gasteiger partial charge >= 0.3 is 0 Å². The van der Waals surface area contributed by atoms with Crippen molar-refractivity contribution in [3.8, 4) is 17.2 Å². The first kappa shape index (κ1) is 32.3. The molecule has 2 saturated heterocycles. The zero-order valence-electron chi connectivity index (χ0n) is 27.2. The molecule has 2 aliphatic heterocycles. The van der Waals surface area contributed by atoms with Gasteiger partial charge in [-0.25, -0.2) is 4.90 Å².